The molecule has 0 amide bonds. The van der Waals surface area contributed by atoms with Crippen LogP contribution in [-0.4, -0.2) is 29.7 Å². The van der Waals surface area contributed by atoms with E-state index in [2.05, 4.69) is 26.1 Å². The van der Waals surface area contributed by atoms with Gasteiger partial charge in [-0.25, -0.2) is 0 Å². The third-order valence-electron chi connectivity index (χ3n) is 4.84. The van der Waals surface area contributed by atoms with Crippen molar-refractivity contribution in [1.82, 2.24) is 5.32 Å². The molecular weight excluding hydrogens is 348 g/mol. The van der Waals surface area contributed by atoms with Crippen molar-refractivity contribution in [2.45, 2.75) is 85.2 Å². The lowest BCUT2D eigenvalue weighted by Crippen LogP contribution is -2.49. The maximum Gasteiger partial charge on any atom is 0.150 e. The van der Waals surface area contributed by atoms with Crippen LogP contribution in [0, 0.1) is 11.3 Å². The number of carbonyl (C=O) groups excluding carboxylic acids is 2. The first-order chi connectivity index (χ1) is 12.9. The van der Waals surface area contributed by atoms with Gasteiger partial charge in [0.1, 0.15) is 5.78 Å². The molecule has 0 radical (unpaired) electrons. The molecular formula is C24H40N2O2. The molecule has 4 heteroatoms. The molecule has 0 bridgehead atoms. The molecule has 4 nitrogen and oxygen atoms in total. The summed E-state index contributed by atoms with van der Waals surface area (Å²) in [5, 5.41) is 3.47. The highest BCUT2D eigenvalue weighted by Gasteiger charge is 2.33. The van der Waals surface area contributed by atoms with Crippen LogP contribution in [0.25, 0.3) is 0 Å². The quantitative estimate of drug-likeness (QED) is 0.554. The smallest absolute Gasteiger partial charge is 0.150 e. The summed E-state index contributed by atoms with van der Waals surface area (Å²) in [6, 6.07) is 9.76. The minimum absolute atomic E-state index is 0.120. The molecule has 0 aromatic heterocycles. The normalized spacial score (nSPS) is 14.5. The number of ketones is 2. The second-order valence-electron chi connectivity index (χ2n) is 9.90. The van der Waals surface area contributed by atoms with Crippen LogP contribution in [-0.2, 0) is 16.0 Å². The van der Waals surface area contributed by atoms with E-state index in [0.29, 0.717) is 19.4 Å². The topological polar surface area (TPSA) is 72.2 Å². The SMILES string of the molecule is CC(C)(C)NC(Cc1ccccc1)C(=O)CC(CCCCN)C(=O)C(C)(C)C. The summed E-state index contributed by atoms with van der Waals surface area (Å²) in [5.41, 5.74) is 6.12. The van der Waals surface area contributed by atoms with E-state index in [1.54, 1.807) is 0 Å². The second-order valence-corrected chi connectivity index (χ2v) is 9.90. The fourth-order valence-electron chi connectivity index (χ4n) is 3.48. The molecule has 2 atom stereocenters. The van der Waals surface area contributed by atoms with Gasteiger partial charge in [-0.2, -0.15) is 0 Å². The molecule has 0 saturated heterocycles. The highest BCUT2D eigenvalue weighted by molar-refractivity contribution is 5.92. The van der Waals surface area contributed by atoms with Crippen molar-refractivity contribution in [2.24, 2.45) is 17.1 Å². The number of benzene rings is 1. The van der Waals surface area contributed by atoms with Crippen LogP contribution in [0.3, 0.4) is 0 Å². The van der Waals surface area contributed by atoms with E-state index < -0.39 is 5.41 Å². The number of Topliss-reactive ketones (excluding diaryl/α,β-unsaturated/α-hetero) is 2. The molecule has 0 aliphatic carbocycles. The summed E-state index contributed by atoms with van der Waals surface area (Å²) in [7, 11) is 0. The molecule has 3 N–H and O–H groups in total. The van der Waals surface area contributed by atoms with Gasteiger partial charge in [0.25, 0.3) is 0 Å². The Kier molecular flexibility index (Phi) is 9.52. The summed E-state index contributed by atoms with van der Waals surface area (Å²) in [5.74, 6) is 0.0558. The summed E-state index contributed by atoms with van der Waals surface area (Å²) in [4.78, 5) is 26.2. The van der Waals surface area contributed by atoms with E-state index in [-0.39, 0.29) is 29.1 Å². The number of hydrogen-bond donors (Lipinski definition) is 2. The molecule has 0 saturated carbocycles. The lowest BCUT2D eigenvalue weighted by atomic mass is 9.78. The molecule has 1 rings (SSSR count). The first-order valence-electron chi connectivity index (χ1n) is 10.5. The van der Waals surface area contributed by atoms with Crippen molar-refractivity contribution < 1.29 is 9.59 Å². The minimum atomic E-state index is -0.444. The third-order valence-corrected chi connectivity index (χ3v) is 4.84. The second kappa shape index (κ2) is 10.9. The predicted octanol–water partition coefficient (Wildman–Crippen LogP) is 4.31. The van der Waals surface area contributed by atoms with E-state index in [0.717, 1.165) is 24.8 Å². The fourth-order valence-corrected chi connectivity index (χ4v) is 3.48. The lowest BCUT2D eigenvalue weighted by Gasteiger charge is -2.30. The van der Waals surface area contributed by atoms with Crippen molar-refractivity contribution in [1.29, 1.82) is 0 Å². The molecule has 28 heavy (non-hydrogen) atoms. The largest absolute Gasteiger partial charge is 0.330 e. The Morgan fingerprint density at radius 1 is 1.00 bits per heavy atom. The molecule has 0 spiro atoms. The number of hydrogen-bond acceptors (Lipinski definition) is 4. The van der Waals surface area contributed by atoms with Crippen molar-refractivity contribution in [3.63, 3.8) is 0 Å². The van der Waals surface area contributed by atoms with Gasteiger partial charge in [-0.15, -0.1) is 0 Å². The average molecular weight is 389 g/mol. The van der Waals surface area contributed by atoms with Gasteiger partial charge >= 0.3 is 0 Å². The average Bonchev–Trinajstić information content (AvgIpc) is 2.58. The van der Waals surface area contributed by atoms with Gasteiger partial charge in [0.15, 0.2) is 5.78 Å². The van der Waals surface area contributed by atoms with E-state index >= 15 is 0 Å². The molecule has 0 heterocycles. The van der Waals surface area contributed by atoms with Crippen LogP contribution in [0.2, 0.25) is 0 Å². The summed E-state index contributed by atoms with van der Waals surface area (Å²) in [6.45, 7) is 12.6. The standard InChI is InChI=1S/C24H40N2O2/c1-23(2,3)22(28)19(14-10-11-15-25)17-21(27)20(26-24(4,5)6)16-18-12-8-7-9-13-18/h7-9,12-13,19-20,26H,10-11,14-17,25H2,1-6H3. The van der Waals surface area contributed by atoms with E-state index in [9.17, 15) is 9.59 Å². The van der Waals surface area contributed by atoms with Crippen LogP contribution >= 0.6 is 0 Å². The minimum Gasteiger partial charge on any atom is -0.330 e. The van der Waals surface area contributed by atoms with E-state index in [1.165, 1.54) is 0 Å². The highest BCUT2D eigenvalue weighted by Crippen LogP contribution is 2.27. The maximum atomic E-state index is 13.3. The monoisotopic (exact) mass is 388 g/mol. The Labute approximate surface area is 171 Å². The first-order valence-corrected chi connectivity index (χ1v) is 10.5. The lowest BCUT2D eigenvalue weighted by molar-refractivity contribution is -0.134. The van der Waals surface area contributed by atoms with Gasteiger partial charge in [0, 0.05) is 23.3 Å². The van der Waals surface area contributed by atoms with Crippen LogP contribution in [0.1, 0.15) is 72.8 Å². The van der Waals surface area contributed by atoms with Crippen LogP contribution in [0.4, 0.5) is 0 Å². The highest BCUT2D eigenvalue weighted by atomic mass is 16.1. The van der Waals surface area contributed by atoms with Crippen molar-refractivity contribution in [3.05, 3.63) is 35.9 Å². The van der Waals surface area contributed by atoms with Gasteiger partial charge in [-0.05, 0) is 52.1 Å². The van der Waals surface area contributed by atoms with Crippen molar-refractivity contribution >= 4 is 11.6 Å². The summed E-state index contributed by atoms with van der Waals surface area (Å²) in [6.07, 6.45) is 3.42. The van der Waals surface area contributed by atoms with Crippen molar-refractivity contribution in [3.8, 4) is 0 Å². The Bertz CT molecular complexity index is 612. The number of nitrogens with two attached hydrogens (primary N) is 1. The van der Waals surface area contributed by atoms with Gasteiger partial charge in [-0.3, -0.25) is 9.59 Å². The zero-order valence-electron chi connectivity index (χ0n) is 18.7. The third kappa shape index (κ3) is 9.11. The molecule has 0 aliphatic rings. The van der Waals surface area contributed by atoms with Gasteiger partial charge in [0.2, 0.25) is 0 Å². The molecule has 0 fully saturated rings. The van der Waals surface area contributed by atoms with E-state index in [4.69, 9.17) is 5.73 Å². The molecule has 2 unspecified atom stereocenters. The molecule has 158 valence electrons. The van der Waals surface area contributed by atoms with E-state index in [1.807, 2.05) is 51.1 Å². The first kappa shape index (κ1) is 24.5. The fraction of sp³-hybridized carbons (Fsp3) is 0.667. The number of nitrogens with one attached hydrogen (secondary N) is 1. The van der Waals surface area contributed by atoms with Gasteiger partial charge < -0.3 is 11.1 Å². The zero-order chi connectivity index (χ0) is 21.4. The predicted molar refractivity (Wildman–Crippen MR) is 117 cm³/mol. The summed E-state index contributed by atoms with van der Waals surface area (Å²) < 4.78 is 0. The van der Waals surface area contributed by atoms with Crippen LogP contribution in [0.15, 0.2) is 30.3 Å². The number of carbonyl (C=O) groups is 2. The van der Waals surface area contributed by atoms with Crippen LogP contribution in [0.5, 0.6) is 0 Å². The Morgan fingerprint density at radius 2 is 1.61 bits per heavy atom. The van der Waals surface area contributed by atoms with Gasteiger partial charge in [0.05, 0.1) is 6.04 Å². The Morgan fingerprint density at radius 3 is 2.11 bits per heavy atom. The Hall–Kier alpha value is -1.52. The van der Waals surface area contributed by atoms with Crippen LogP contribution < -0.4 is 11.1 Å². The zero-order valence-corrected chi connectivity index (χ0v) is 18.7. The maximum absolute atomic E-state index is 13.3. The Balaban J connectivity index is 2.97. The van der Waals surface area contributed by atoms with Gasteiger partial charge in [-0.1, -0.05) is 57.5 Å². The number of rotatable bonds is 11. The molecule has 1 aromatic carbocycles. The number of unbranched alkanes of at least 4 members (excludes halogenated alkanes) is 1. The molecule has 0 aliphatic heterocycles. The van der Waals surface area contributed by atoms with Crippen molar-refractivity contribution in [2.75, 3.05) is 6.54 Å². The molecule has 1 aromatic rings. The summed E-state index contributed by atoms with van der Waals surface area (Å²) >= 11 is 0.